The van der Waals surface area contributed by atoms with Gasteiger partial charge in [0.05, 0.1) is 13.2 Å². The maximum Gasteiger partial charge on any atom is 0.227 e. The number of carbonyl (C=O) groups excluding carboxylic acids is 1. The lowest BCUT2D eigenvalue weighted by Crippen LogP contribution is -2.22. The smallest absolute Gasteiger partial charge is 0.227 e. The van der Waals surface area contributed by atoms with Crippen molar-refractivity contribution in [1.29, 1.82) is 0 Å². The van der Waals surface area contributed by atoms with Gasteiger partial charge >= 0.3 is 0 Å². The molecule has 0 heterocycles. The lowest BCUT2D eigenvalue weighted by atomic mass is 10.00. The number of anilines is 1. The van der Waals surface area contributed by atoms with Gasteiger partial charge in [-0.3, -0.25) is 4.79 Å². The number of benzene rings is 2. The predicted octanol–water partition coefficient (Wildman–Crippen LogP) is 3.71. The second-order valence-electron chi connectivity index (χ2n) is 5.95. The van der Waals surface area contributed by atoms with Gasteiger partial charge in [0.15, 0.2) is 23.0 Å². The highest BCUT2D eigenvalue weighted by atomic mass is 16.5. The van der Waals surface area contributed by atoms with Gasteiger partial charge in [-0.25, -0.2) is 0 Å². The van der Waals surface area contributed by atoms with Crippen molar-refractivity contribution in [3.8, 4) is 23.0 Å². The zero-order chi connectivity index (χ0) is 19.1. The van der Waals surface area contributed by atoms with Gasteiger partial charge in [0.1, 0.15) is 0 Å². The van der Waals surface area contributed by atoms with Crippen molar-refractivity contribution >= 4 is 11.6 Å². The fraction of sp³-hybridized carbons (Fsp3) is 0.350. The van der Waals surface area contributed by atoms with E-state index in [1.54, 1.807) is 31.2 Å². The number of ether oxygens (including phenoxy) is 2. The van der Waals surface area contributed by atoms with E-state index in [0.717, 1.165) is 5.56 Å². The highest BCUT2D eigenvalue weighted by Crippen LogP contribution is 2.31. The Hall–Kier alpha value is -2.89. The number of hydrogen-bond acceptors (Lipinski definition) is 5. The zero-order valence-electron chi connectivity index (χ0n) is 15.3. The second kappa shape index (κ2) is 8.99. The van der Waals surface area contributed by atoms with Crippen molar-refractivity contribution in [3.05, 3.63) is 42.0 Å². The largest absolute Gasteiger partial charge is 0.504 e. The molecule has 0 aliphatic carbocycles. The Bertz CT molecular complexity index is 760. The quantitative estimate of drug-likeness (QED) is 0.625. The Labute approximate surface area is 153 Å². The van der Waals surface area contributed by atoms with Crippen molar-refractivity contribution in [3.63, 3.8) is 0 Å². The first-order valence-corrected chi connectivity index (χ1v) is 8.66. The van der Waals surface area contributed by atoms with Crippen LogP contribution in [0.5, 0.6) is 23.0 Å². The van der Waals surface area contributed by atoms with Gasteiger partial charge in [-0.1, -0.05) is 13.0 Å². The Morgan fingerprint density at radius 2 is 1.69 bits per heavy atom. The number of rotatable bonds is 8. The van der Waals surface area contributed by atoms with Crippen molar-refractivity contribution in [2.45, 2.75) is 27.2 Å². The molecule has 6 heteroatoms. The Kier molecular flexibility index (Phi) is 6.72. The first kappa shape index (κ1) is 19.4. The molecular formula is C20H25NO5. The summed E-state index contributed by atoms with van der Waals surface area (Å²) in [5, 5.41) is 21.8. The predicted molar refractivity (Wildman–Crippen MR) is 100 cm³/mol. The standard InChI is InChI=1S/C20H25NO5/c1-4-25-18-9-7-15(12-19(18)26-5-2)21-20(24)13(3)10-14-6-8-16(22)17(23)11-14/h6-9,11-13,22-23H,4-5,10H2,1-3H3,(H,21,24). The molecule has 0 bridgehead atoms. The molecule has 6 nitrogen and oxygen atoms in total. The van der Waals surface area contributed by atoms with Gasteiger partial charge in [-0.2, -0.15) is 0 Å². The van der Waals surface area contributed by atoms with E-state index in [1.807, 2.05) is 13.8 Å². The maximum absolute atomic E-state index is 12.5. The molecule has 1 atom stereocenters. The van der Waals surface area contributed by atoms with Gasteiger partial charge < -0.3 is 25.0 Å². The summed E-state index contributed by atoms with van der Waals surface area (Å²) in [4.78, 5) is 12.5. The molecule has 0 aliphatic rings. The van der Waals surface area contributed by atoms with E-state index in [1.165, 1.54) is 12.1 Å². The number of hydrogen-bond donors (Lipinski definition) is 3. The highest BCUT2D eigenvalue weighted by molar-refractivity contribution is 5.92. The molecule has 0 radical (unpaired) electrons. The number of phenols is 2. The van der Waals surface area contributed by atoms with Gasteiger partial charge in [-0.15, -0.1) is 0 Å². The number of phenolic OH excluding ortho intramolecular Hbond substituents is 2. The van der Waals surface area contributed by atoms with Crippen molar-refractivity contribution in [1.82, 2.24) is 0 Å². The van der Waals surface area contributed by atoms with Crippen LogP contribution in [0.2, 0.25) is 0 Å². The summed E-state index contributed by atoms with van der Waals surface area (Å²) >= 11 is 0. The minimum Gasteiger partial charge on any atom is -0.504 e. The van der Waals surface area contributed by atoms with Crippen molar-refractivity contribution < 1.29 is 24.5 Å². The van der Waals surface area contributed by atoms with Crippen LogP contribution in [0, 0.1) is 5.92 Å². The van der Waals surface area contributed by atoms with Crippen LogP contribution < -0.4 is 14.8 Å². The van der Waals surface area contributed by atoms with Crippen LogP contribution in [0.4, 0.5) is 5.69 Å². The molecule has 0 spiro atoms. The van der Waals surface area contributed by atoms with E-state index < -0.39 is 0 Å². The van der Waals surface area contributed by atoms with E-state index in [0.29, 0.717) is 36.8 Å². The summed E-state index contributed by atoms with van der Waals surface area (Å²) in [6, 6.07) is 9.84. The maximum atomic E-state index is 12.5. The van der Waals surface area contributed by atoms with Crippen LogP contribution in [0.1, 0.15) is 26.3 Å². The average Bonchev–Trinajstić information content (AvgIpc) is 2.60. The van der Waals surface area contributed by atoms with Gasteiger partial charge in [0, 0.05) is 17.7 Å². The summed E-state index contributed by atoms with van der Waals surface area (Å²) in [6.45, 7) is 6.61. The molecule has 26 heavy (non-hydrogen) atoms. The van der Waals surface area contributed by atoms with Gasteiger partial charge in [0.2, 0.25) is 5.91 Å². The molecule has 2 aromatic rings. The topological polar surface area (TPSA) is 88.0 Å². The molecule has 1 unspecified atom stereocenters. The summed E-state index contributed by atoms with van der Waals surface area (Å²) in [5.41, 5.74) is 1.40. The van der Waals surface area contributed by atoms with Crippen LogP contribution in [-0.2, 0) is 11.2 Å². The summed E-state index contributed by atoms with van der Waals surface area (Å²) in [7, 11) is 0. The van der Waals surface area contributed by atoms with Crippen LogP contribution in [0.3, 0.4) is 0 Å². The number of aromatic hydroxyl groups is 2. The van der Waals surface area contributed by atoms with E-state index in [2.05, 4.69) is 5.32 Å². The third-order valence-corrected chi connectivity index (χ3v) is 3.84. The second-order valence-corrected chi connectivity index (χ2v) is 5.95. The minimum atomic E-state index is -0.318. The lowest BCUT2D eigenvalue weighted by Gasteiger charge is -2.15. The summed E-state index contributed by atoms with van der Waals surface area (Å²) in [5.74, 6) is 0.389. The van der Waals surface area contributed by atoms with E-state index in [-0.39, 0.29) is 23.3 Å². The first-order chi connectivity index (χ1) is 12.4. The van der Waals surface area contributed by atoms with Crippen molar-refractivity contribution in [2.75, 3.05) is 18.5 Å². The van der Waals surface area contributed by atoms with Gasteiger partial charge in [0.25, 0.3) is 0 Å². The molecule has 0 aliphatic heterocycles. The van der Waals surface area contributed by atoms with Crippen LogP contribution in [-0.4, -0.2) is 29.3 Å². The molecule has 0 aromatic heterocycles. The normalized spacial score (nSPS) is 11.7. The van der Waals surface area contributed by atoms with E-state index in [4.69, 9.17) is 9.47 Å². The van der Waals surface area contributed by atoms with Gasteiger partial charge in [-0.05, 0) is 50.1 Å². The monoisotopic (exact) mass is 359 g/mol. The first-order valence-electron chi connectivity index (χ1n) is 8.66. The third kappa shape index (κ3) is 5.05. The lowest BCUT2D eigenvalue weighted by molar-refractivity contribution is -0.119. The number of amides is 1. The summed E-state index contributed by atoms with van der Waals surface area (Å²) in [6.07, 6.45) is 0.440. The van der Waals surface area contributed by atoms with Crippen LogP contribution >= 0.6 is 0 Å². The molecule has 0 saturated carbocycles. The molecule has 0 fully saturated rings. The van der Waals surface area contributed by atoms with Crippen molar-refractivity contribution in [2.24, 2.45) is 5.92 Å². The SMILES string of the molecule is CCOc1ccc(NC(=O)C(C)Cc2ccc(O)c(O)c2)cc1OCC. The molecule has 2 aromatic carbocycles. The number of nitrogens with one attached hydrogen (secondary N) is 1. The Morgan fingerprint density at radius 1 is 1.00 bits per heavy atom. The Morgan fingerprint density at radius 3 is 2.35 bits per heavy atom. The zero-order valence-corrected chi connectivity index (χ0v) is 15.3. The highest BCUT2D eigenvalue weighted by Gasteiger charge is 2.16. The Balaban J connectivity index is 2.05. The molecule has 0 saturated heterocycles. The number of carbonyl (C=O) groups is 1. The average molecular weight is 359 g/mol. The fourth-order valence-electron chi connectivity index (χ4n) is 2.54. The molecule has 3 N–H and O–H groups in total. The third-order valence-electron chi connectivity index (χ3n) is 3.84. The van der Waals surface area contributed by atoms with Crippen LogP contribution in [0.25, 0.3) is 0 Å². The molecule has 140 valence electrons. The molecule has 1 amide bonds. The van der Waals surface area contributed by atoms with Crippen LogP contribution in [0.15, 0.2) is 36.4 Å². The summed E-state index contributed by atoms with van der Waals surface area (Å²) < 4.78 is 11.1. The van der Waals surface area contributed by atoms with E-state index >= 15 is 0 Å². The molecular weight excluding hydrogens is 334 g/mol. The molecule has 2 rings (SSSR count). The fourth-order valence-corrected chi connectivity index (χ4v) is 2.54. The minimum absolute atomic E-state index is 0.149. The van der Waals surface area contributed by atoms with E-state index in [9.17, 15) is 15.0 Å².